The number of anilines is 1. The summed E-state index contributed by atoms with van der Waals surface area (Å²) in [7, 11) is 0. The van der Waals surface area contributed by atoms with Crippen LogP contribution in [0.3, 0.4) is 0 Å². The Morgan fingerprint density at radius 2 is 1.90 bits per heavy atom. The molecule has 2 heterocycles. The van der Waals surface area contributed by atoms with E-state index in [2.05, 4.69) is 10.6 Å². The number of halogens is 4. The predicted molar refractivity (Wildman–Crippen MR) is 72.3 cm³/mol. The molecule has 0 spiro atoms. The molecule has 1 atom stereocenters. The number of piperazine rings is 1. The molecule has 114 valence electrons. The highest BCUT2D eigenvalue weighted by molar-refractivity contribution is 6.31. The van der Waals surface area contributed by atoms with Gasteiger partial charge in [0.25, 0.3) is 5.91 Å². The van der Waals surface area contributed by atoms with E-state index in [4.69, 9.17) is 11.6 Å². The van der Waals surface area contributed by atoms with Crippen molar-refractivity contribution in [2.75, 3.05) is 31.5 Å². The summed E-state index contributed by atoms with van der Waals surface area (Å²) in [5.41, 5.74) is -2.58. The Labute approximate surface area is 124 Å². The molecule has 0 saturated carbocycles. The molecule has 0 radical (unpaired) electrons. The largest absolute Gasteiger partial charge is 0.420 e. The summed E-state index contributed by atoms with van der Waals surface area (Å²) in [5, 5.41) is 5.61. The number of nitrogens with one attached hydrogen (secondary N) is 2. The van der Waals surface area contributed by atoms with E-state index in [9.17, 15) is 18.0 Å². The molecular formula is C13H13ClF3N3O. The number of carbonyl (C=O) groups excluding carboxylic acids is 1. The lowest BCUT2D eigenvalue weighted by molar-refractivity contribution is -0.230. The second-order valence-electron chi connectivity index (χ2n) is 5.09. The Morgan fingerprint density at radius 3 is 2.52 bits per heavy atom. The number of alkyl halides is 3. The predicted octanol–water partition coefficient (Wildman–Crippen LogP) is 1.95. The van der Waals surface area contributed by atoms with E-state index < -0.39 is 17.6 Å². The van der Waals surface area contributed by atoms with Crippen LogP contribution in [0, 0.1) is 0 Å². The Morgan fingerprint density at radius 1 is 1.24 bits per heavy atom. The molecule has 2 aliphatic rings. The number of hydrogen-bond donors (Lipinski definition) is 2. The maximum atomic E-state index is 13.9. The van der Waals surface area contributed by atoms with Crippen molar-refractivity contribution in [1.82, 2.24) is 10.2 Å². The van der Waals surface area contributed by atoms with E-state index in [1.54, 1.807) is 0 Å². The highest BCUT2D eigenvalue weighted by Gasteiger charge is 2.68. The Hall–Kier alpha value is -1.31. The number of hydrogen-bond acceptors (Lipinski definition) is 3. The number of fused-ring (bicyclic) bond motifs is 1. The number of carbonyl (C=O) groups is 1. The molecule has 0 unspecified atom stereocenters. The molecular weight excluding hydrogens is 307 g/mol. The van der Waals surface area contributed by atoms with E-state index in [0.717, 1.165) is 0 Å². The van der Waals surface area contributed by atoms with E-state index in [-0.39, 0.29) is 29.4 Å². The van der Waals surface area contributed by atoms with Gasteiger partial charge in [-0.3, -0.25) is 9.69 Å². The minimum absolute atomic E-state index is 0.0775. The van der Waals surface area contributed by atoms with Crippen molar-refractivity contribution in [2.24, 2.45) is 0 Å². The maximum Gasteiger partial charge on any atom is 0.420 e. The number of amides is 1. The third-order valence-corrected chi connectivity index (χ3v) is 4.18. The summed E-state index contributed by atoms with van der Waals surface area (Å²) < 4.78 is 41.6. The lowest BCUT2D eigenvalue weighted by Gasteiger charge is -2.42. The molecule has 1 amide bonds. The normalized spacial score (nSPS) is 26.6. The van der Waals surface area contributed by atoms with Crippen LogP contribution >= 0.6 is 11.6 Å². The second-order valence-corrected chi connectivity index (χ2v) is 5.53. The topological polar surface area (TPSA) is 44.4 Å². The van der Waals surface area contributed by atoms with Crippen molar-refractivity contribution in [3.63, 3.8) is 0 Å². The maximum absolute atomic E-state index is 13.9. The summed E-state index contributed by atoms with van der Waals surface area (Å²) in [5.74, 6) is -1.06. The highest BCUT2D eigenvalue weighted by atomic mass is 35.5. The summed E-state index contributed by atoms with van der Waals surface area (Å²) >= 11 is 5.81. The van der Waals surface area contributed by atoms with Gasteiger partial charge in [0, 0.05) is 42.5 Å². The minimum atomic E-state index is -4.71. The Balaban J connectivity index is 2.19. The summed E-state index contributed by atoms with van der Waals surface area (Å²) in [6.07, 6.45) is -4.71. The first-order valence-corrected chi connectivity index (χ1v) is 6.89. The third-order valence-electron chi connectivity index (χ3n) is 3.95. The van der Waals surface area contributed by atoms with Gasteiger partial charge in [0.15, 0.2) is 0 Å². The van der Waals surface area contributed by atoms with Crippen molar-refractivity contribution < 1.29 is 18.0 Å². The minimum Gasteiger partial charge on any atom is -0.323 e. The molecule has 3 rings (SSSR count). The molecule has 4 nitrogen and oxygen atoms in total. The van der Waals surface area contributed by atoms with Crippen LogP contribution in [0.15, 0.2) is 18.2 Å². The molecule has 8 heteroatoms. The first-order valence-electron chi connectivity index (χ1n) is 6.51. The van der Waals surface area contributed by atoms with Crippen LogP contribution in [-0.4, -0.2) is 43.2 Å². The molecule has 1 aromatic rings. The zero-order valence-electron chi connectivity index (χ0n) is 10.9. The number of rotatable bonds is 1. The highest BCUT2D eigenvalue weighted by Crippen LogP contribution is 2.51. The van der Waals surface area contributed by atoms with Crippen LogP contribution in [0.2, 0.25) is 5.02 Å². The van der Waals surface area contributed by atoms with Gasteiger partial charge in [-0.1, -0.05) is 17.7 Å². The standard InChI is InChI=1S/C13H13ClF3N3O/c14-8-1-2-9-10(7-8)19-11(21)12(9,13(15,16)17)20-5-3-18-4-6-20/h1-2,7,18H,3-6H2,(H,19,21)/t12-/m0/s1. The zero-order chi connectivity index (χ0) is 15.3. The average Bonchev–Trinajstić information content (AvgIpc) is 2.71. The fourth-order valence-corrected chi connectivity index (χ4v) is 3.22. The second kappa shape index (κ2) is 4.86. The molecule has 0 bridgehead atoms. The Kier molecular flexibility index (Phi) is 3.38. The summed E-state index contributed by atoms with van der Waals surface area (Å²) in [6.45, 7) is 1.12. The van der Waals surface area contributed by atoms with Crippen molar-refractivity contribution in [2.45, 2.75) is 11.7 Å². The summed E-state index contributed by atoms with van der Waals surface area (Å²) in [4.78, 5) is 13.5. The third kappa shape index (κ3) is 2.03. The lowest BCUT2D eigenvalue weighted by atomic mass is 9.87. The molecule has 1 aromatic carbocycles. The van der Waals surface area contributed by atoms with E-state index in [1.807, 2.05) is 0 Å². The molecule has 1 saturated heterocycles. The molecule has 0 aliphatic carbocycles. The number of nitrogens with zero attached hydrogens (tertiary/aromatic N) is 1. The first kappa shape index (κ1) is 14.6. The smallest absolute Gasteiger partial charge is 0.323 e. The first-order chi connectivity index (χ1) is 9.87. The van der Waals surface area contributed by atoms with Gasteiger partial charge in [0.05, 0.1) is 0 Å². The van der Waals surface area contributed by atoms with Crippen molar-refractivity contribution in [3.8, 4) is 0 Å². The van der Waals surface area contributed by atoms with Crippen LogP contribution in [0.1, 0.15) is 5.56 Å². The van der Waals surface area contributed by atoms with Gasteiger partial charge in [0.1, 0.15) is 0 Å². The van der Waals surface area contributed by atoms with Gasteiger partial charge < -0.3 is 10.6 Å². The van der Waals surface area contributed by atoms with Gasteiger partial charge in [-0.2, -0.15) is 13.2 Å². The average molecular weight is 320 g/mol. The van der Waals surface area contributed by atoms with Crippen LogP contribution in [0.25, 0.3) is 0 Å². The van der Waals surface area contributed by atoms with Gasteiger partial charge in [-0.25, -0.2) is 0 Å². The van der Waals surface area contributed by atoms with E-state index in [0.29, 0.717) is 13.1 Å². The molecule has 1 fully saturated rings. The fourth-order valence-electron chi connectivity index (χ4n) is 3.05. The van der Waals surface area contributed by atoms with Crippen LogP contribution in [0.5, 0.6) is 0 Å². The van der Waals surface area contributed by atoms with E-state index >= 15 is 0 Å². The summed E-state index contributed by atoms with van der Waals surface area (Å²) in [6, 6.07) is 4.01. The van der Waals surface area contributed by atoms with Crippen LogP contribution in [0.4, 0.5) is 18.9 Å². The number of benzene rings is 1. The van der Waals surface area contributed by atoms with Crippen molar-refractivity contribution >= 4 is 23.2 Å². The van der Waals surface area contributed by atoms with Gasteiger partial charge in [0.2, 0.25) is 5.54 Å². The fraction of sp³-hybridized carbons (Fsp3) is 0.462. The zero-order valence-corrected chi connectivity index (χ0v) is 11.7. The molecule has 21 heavy (non-hydrogen) atoms. The molecule has 2 aliphatic heterocycles. The van der Waals surface area contributed by atoms with Crippen molar-refractivity contribution in [1.29, 1.82) is 0 Å². The quantitative estimate of drug-likeness (QED) is 0.831. The van der Waals surface area contributed by atoms with Gasteiger partial charge in [-0.05, 0) is 12.1 Å². The van der Waals surface area contributed by atoms with Crippen molar-refractivity contribution in [3.05, 3.63) is 28.8 Å². The molecule has 0 aromatic heterocycles. The monoisotopic (exact) mass is 319 g/mol. The lowest BCUT2D eigenvalue weighted by Crippen LogP contribution is -2.64. The van der Waals surface area contributed by atoms with Gasteiger partial charge >= 0.3 is 6.18 Å². The van der Waals surface area contributed by atoms with Crippen LogP contribution in [-0.2, 0) is 10.3 Å². The Bertz CT molecular complexity index is 587. The van der Waals surface area contributed by atoms with Gasteiger partial charge in [-0.15, -0.1) is 0 Å². The van der Waals surface area contributed by atoms with E-state index in [1.165, 1.54) is 23.1 Å². The SMILES string of the molecule is O=C1Nc2cc(Cl)ccc2[C@@]1(N1CCNCC1)C(F)(F)F. The van der Waals surface area contributed by atoms with Crippen LogP contribution < -0.4 is 10.6 Å². The molecule has 2 N–H and O–H groups in total.